The Kier molecular flexibility index (Phi) is 8.02. The van der Waals surface area contributed by atoms with E-state index in [0.717, 1.165) is 24.6 Å². The number of hydrogen-bond donors (Lipinski definition) is 3. The molecular weight excluding hydrogens is 543 g/mol. The first kappa shape index (κ1) is 27.9. The molecule has 14 heteroatoms. The van der Waals surface area contributed by atoms with Crippen LogP contribution in [0.25, 0.3) is 10.4 Å². The maximum atomic E-state index is 13.6. The topological polar surface area (TPSA) is 126 Å². The molecule has 2 heterocycles. The van der Waals surface area contributed by atoms with Crippen molar-refractivity contribution in [2.75, 3.05) is 5.32 Å². The van der Waals surface area contributed by atoms with Crippen LogP contribution >= 0.6 is 11.3 Å². The van der Waals surface area contributed by atoms with Gasteiger partial charge in [0.15, 0.2) is 5.82 Å². The number of ether oxygens (including phenoxy) is 1. The molecule has 9 nitrogen and oxygen atoms in total. The number of halogens is 3. The van der Waals surface area contributed by atoms with E-state index in [-0.39, 0.29) is 29.3 Å². The number of sulfone groups is 1. The smallest absolute Gasteiger partial charge is 0.447 e. The number of aromatic amines is 1. The number of alkyl halides is 3. The van der Waals surface area contributed by atoms with E-state index in [1.54, 1.807) is 26.8 Å². The van der Waals surface area contributed by atoms with Crippen molar-refractivity contribution >= 4 is 38.8 Å². The lowest BCUT2D eigenvalue weighted by Gasteiger charge is -2.28. The van der Waals surface area contributed by atoms with Crippen molar-refractivity contribution < 1.29 is 31.1 Å². The van der Waals surface area contributed by atoms with Crippen LogP contribution in [0.3, 0.4) is 0 Å². The largest absolute Gasteiger partial charge is 0.501 e. The molecule has 1 aliphatic rings. The van der Waals surface area contributed by atoms with Gasteiger partial charge in [0.25, 0.3) is 9.84 Å². The second kappa shape index (κ2) is 10.9. The van der Waals surface area contributed by atoms with Crippen LogP contribution < -0.4 is 10.6 Å². The average molecular weight is 572 g/mol. The zero-order valence-corrected chi connectivity index (χ0v) is 22.6. The number of nitrogens with one attached hydrogen (secondary N) is 3. The fraction of sp³-hybridized carbons (Fsp3) is 0.458. The van der Waals surface area contributed by atoms with Crippen molar-refractivity contribution in [1.29, 1.82) is 0 Å². The molecule has 1 amide bonds. The van der Waals surface area contributed by atoms with Gasteiger partial charge in [0.2, 0.25) is 0 Å². The van der Waals surface area contributed by atoms with Crippen molar-refractivity contribution in [3.05, 3.63) is 41.2 Å². The number of rotatable bonds is 7. The number of H-pyrrole nitrogens is 1. The van der Waals surface area contributed by atoms with Crippen molar-refractivity contribution in [3.63, 3.8) is 0 Å². The van der Waals surface area contributed by atoms with Crippen LogP contribution in [0.1, 0.15) is 56.2 Å². The van der Waals surface area contributed by atoms with Crippen LogP contribution in [-0.4, -0.2) is 47.3 Å². The highest BCUT2D eigenvalue weighted by molar-refractivity contribution is 7.92. The van der Waals surface area contributed by atoms with Gasteiger partial charge in [-0.25, -0.2) is 18.2 Å². The fourth-order valence-electron chi connectivity index (χ4n) is 4.28. The van der Waals surface area contributed by atoms with Gasteiger partial charge in [0, 0.05) is 41.2 Å². The quantitative estimate of drug-likeness (QED) is 0.316. The summed E-state index contributed by atoms with van der Waals surface area (Å²) in [6.45, 7) is 5.30. The van der Waals surface area contributed by atoms with Crippen LogP contribution in [0.2, 0.25) is 0 Å². The summed E-state index contributed by atoms with van der Waals surface area (Å²) in [5.41, 5.74) is -4.67. The first-order chi connectivity index (χ1) is 17.8. The number of thiazole rings is 1. The molecule has 4 rings (SSSR count). The maximum absolute atomic E-state index is 13.6. The number of carbonyl (C=O) groups excluding carboxylic acids is 1. The first-order valence-corrected chi connectivity index (χ1v) is 14.3. The van der Waals surface area contributed by atoms with E-state index in [0.29, 0.717) is 28.5 Å². The molecule has 2 aromatic heterocycles. The van der Waals surface area contributed by atoms with Gasteiger partial charge in [-0.3, -0.25) is 5.10 Å². The molecule has 1 aromatic carbocycles. The molecule has 0 radical (unpaired) electrons. The summed E-state index contributed by atoms with van der Waals surface area (Å²) >= 11 is 1.18. The molecule has 0 unspecified atom stereocenters. The van der Waals surface area contributed by atoms with E-state index in [1.165, 1.54) is 29.7 Å². The molecular formula is C24H28F3N5O4S2. The molecule has 38 heavy (non-hydrogen) atoms. The second-order valence-corrected chi connectivity index (χ2v) is 12.4. The van der Waals surface area contributed by atoms with E-state index >= 15 is 0 Å². The zero-order chi connectivity index (χ0) is 27.7. The number of nitrogens with zero attached hydrogens (tertiary/aromatic N) is 2. The number of aryl methyl sites for hydroxylation is 1. The van der Waals surface area contributed by atoms with Crippen molar-refractivity contribution in [2.45, 2.75) is 74.9 Å². The second-order valence-electron chi connectivity index (χ2n) is 9.43. The Labute approximate surface area is 222 Å². The van der Waals surface area contributed by atoms with Crippen LogP contribution in [0.4, 0.5) is 29.5 Å². The molecule has 0 bridgehead atoms. The SMILES string of the molecule is Cc1cc(Nc2ccc(-c3cnc([C@H]4CC[C@H](NC(=O)OC(C)C)CC4)s3)c(S(=O)(=O)C(F)(F)F)c2)n[nH]1. The molecule has 1 saturated carbocycles. The number of aromatic nitrogens is 3. The predicted octanol–water partition coefficient (Wildman–Crippen LogP) is 6.04. The van der Waals surface area contributed by atoms with Gasteiger partial charge in [0.05, 0.1) is 20.9 Å². The summed E-state index contributed by atoms with van der Waals surface area (Å²) < 4.78 is 70.9. The Balaban J connectivity index is 1.55. The maximum Gasteiger partial charge on any atom is 0.501 e. The van der Waals surface area contributed by atoms with Gasteiger partial charge in [-0.2, -0.15) is 18.3 Å². The average Bonchev–Trinajstić information content (AvgIpc) is 3.47. The molecule has 1 aliphatic carbocycles. The highest BCUT2D eigenvalue weighted by Gasteiger charge is 2.48. The summed E-state index contributed by atoms with van der Waals surface area (Å²) in [7, 11) is -5.65. The number of hydrogen-bond acceptors (Lipinski definition) is 8. The molecule has 0 saturated heterocycles. The Morgan fingerprint density at radius 1 is 1.18 bits per heavy atom. The lowest BCUT2D eigenvalue weighted by atomic mass is 9.86. The van der Waals surface area contributed by atoms with E-state index < -0.39 is 26.3 Å². The minimum atomic E-state index is -5.65. The summed E-state index contributed by atoms with van der Waals surface area (Å²) in [6, 6.07) is 5.42. The number of carbonyl (C=O) groups is 1. The zero-order valence-electron chi connectivity index (χ0n) is 20.9. The number of anilines is 2. The molecule has 3 aromatic rings. The summed E-state index contributed by atoms with van der Waals surface area (Å²) in [5.74, 6) is 0.396. The van der Waals surface area contributed by atoms with Gasteiger partial charge >= 0.3 is 11.6 Å². The van der Waals surface area contributed by atoms with Gasteiger partial charge in [-0.1, -0.05) is 6.07 Å². The Hall–Kier alpha value is -3.13. The number of amides is 1. The van der Waals surface area contributed by atoms with E-state index in [4.69, 9.17) is 4.74 Å². The highest BCUT2D eigenvalue weighted by atomic mass is 32.2. The lowest BCUT2D eigenvalue weighted by Crippen LogP contribution is -2.38. The molecule has 0 spiro atoms. The number of alkyl carbamates (subject to hydrolysis) is 1. The monoisotopic (exact) mass is 571 g/mol. The summed E-state index contributed by atoms with van der Waals surface area (Å²) in [6.07, 6.45) is 3.59. The van der Waals surface area contributed by atoms with Crippen molar-refractivity contribution in [1.82, 2.24) is 20.5 Å². The molecule has 0 atom stereocenters. The predicted molar refractivity (Wildman–Crippen MR) is 137 cm³/mol. The Bertz CT molecular complexity index is 1390. The summed E-state index contributed by atoms with van der Waals surface area (Å²) in [4.78, 5) is 15.8. The van der Waals surface area contributed by atoms with Gasteiger partial charge in [0.1, 0.15) is 0 Å². The molecule has 3 N–H and O–H groups in total. The minimum Gasteiger partial charge on any atom is -0.447 e. The standard InChI is InChI=1S/C24H28F3N5O4S2/c1-13(2)36-23(33)30-16-6-4-15(5-7-16)22-28-12-19(37-22)18-9-8-17(29-21-10-14(3)31-32-21)11-20(18)38(34,35)24(25,26)27/h8-13,15-16H,4-7H2,1-3H3,(H,30,33)(H2,29,31,32)/t15-,16-. The molecule has 0 aliphatic heterocycles. The van der Waals surface area contributed by atoms with Gasteiger partial charge in [-0.05, 0) is 58.6 Å². The lowest BCUT2D eigenvalue weighted by molar-refractivity contribution is -0.0435. The van der Waals surface area contributed by atoms with Crippen LogP contribution in [0, 0.1) is 6.92 Å². The highest BCUT2D eigenvalue weighted by Crippen LogP contribution is 2.42. The van der Waals surface area contributed by atoms with Crippen LogP contribution in [0.15, 0.2) is 35.4 Å². The van der Waals surface area contributed by atoms with Gasteiger partial charge < -0.3 is 15.4 Å². The van der Waals surface area contributed by atoms with Crippen molar-refractivity contribution in [3.8, 4) is 10.4 Å². The third-order valence-electron chi connectivity index (χ3n) is 6.08. The van der Waals surface area contributed by atoms with Gasteiger partial charge in [-0.15, -0.1) is 11.3 Å². The van der Waals surface area contributed by atoms with Crippen LogP contribution in [-0.2, 0) is 14.6 Å². The van der Waals surface area contributed by atoms with E-state index in [2.05, 4.69) is 25.8 Å². The fourth-order valence-corrected chi connectivity index (χ4v) is 6.47. The molecule has 1 fully saturated rings. The molecule has 206 valence electrons. The van der Waals surface area contributed by atoms with Crippen molar-refractivity contribution in [2.24, 2.45) is 0 Å². The summed E-state index contributed by atoms with van der Waals surface area (Å²) in [5, 5.41) is 13.1. The third kappa shape index (κ3) is 6.29. The first-order valence-electron chi connectivity index (χ1n) is 12.0. The Morgan fingerprint density at radius 3 is 2.50 bits per heavy atom. The van der Waals surface area contributed by atoms with Crippen LogP contribution in [0.5, 0.6) is 0 Å². The van der Waals surface area contributed by atoms with E-state index in [9.17, 15) is 26.4 Å². The van der Waals surface area contributed by atoms with E-state index in [1.807, 2.05) is 0 Å². The Morgan fingerprint density at radius 2 is 1.89 bits per heavy atom. The number of benzene rings is 1. The normalized spacial score (nSPS) is 18.4. The minimum absolute atomic E-state index is 0.0289. The third-order valence-corrected chi connectivity index (χ3v) is 8.80.